The molecule has 13 heteroatoms. The van der Waals surface area contributed by atoms with Gasteiger partial charge >= 0.3 is 11.7 Å². The van der Waals surface area contributed by atoms with Gasteiger partial charge in [-0.1, -0.05) is 13.8 Å². The van der Waals surface area contributed by atoms with Gasteiger partial charge < -0.3 is 10.3 Å². The number of carbonyl (C=O) groups excluding carboxylic acids is 4. The van der Waals surface area contributed by atoms with E-state index in [1.54, 1.807) is 0 Å². The minimum atomic E-state index is -3.74. The first-order chi connectivity index (χ1) is 14.4. The fraction of sp³-hybridized carbons (Fsp3) is 0.722. The zero-order valence-corrected chi connectivity index (χ0v) is 18.6. The summed E-state index contributed by atoms with van der Waals surface area (Å²) in [5, 5.41) is 4.36. The Kier molecular flexibility index (Phi) is 8.04. The summed E-state index contributed by atoms with van der Waals surface area (Å²) in [6.45, 7) is 4.04. The summed E-state index contributed by atoms with van der Waals surface area (Å²) in [6, 6.07) is -2.36. The molecule has 2 fully saturated rings. The molecule has 0 aliphatic carbocycles. The van der Waals surface area contributed by atoms with Crippen molar-refractivity contribution in [2.24, 2.45) is 5.92 Å². The topological polar surface area (TPSA) is 169 Å². The van der Waals surface area contributed by atoms with Gasteiger partial charge in [0.25, 0.3) is 11.7 Å². The molecule has 0 spiro atoms. The summed E-state index contributed by atoms with van der Waals surface area (Å²) >= 11 is 0. The number of Topliss-reactive ketones (excluding diaryl/α,β-unsaturated/α-hetero) is 1. The molecule has 0 aromatic heterocycles. The van der Waals surface area contributed by atoms with E-state index in [0.717, 1.165) is 16.3 Å². The largest absolute Gasteiger partial charge is 0.497 e. The Bertz CT molecular complexity index is 911. The van der Waals surface area contributed by atoms with Crippen LogP contribution in [0, 0.1) is 5.92 Å². The molecule has 2 atom stereocenters. The predicted octanol–water partition coefficient (Wildman–Crippen LogP) is -0.818. The molecule has 0 radical (unpaired) electrons. The first-order valence-electron chi connectivity index (χ1n) is 10.1. The lowest BCUT2D eigenvalue weighted by Crippen LogP contribution is -2.64. The van der Waals surface area contributed by atoms with Gasteiger partial charge in [0.05, 0.1) is 6.26 Å². The lowest BCUT2D eigenvalue weighted by atomic mass is 10.0. The molecule has 12 nitrogen and oxygen atoms in total. The predicted molar refractivity (Wildman–Crippen MR) is 108 cm³/mol. The van der Waals surface area contributed by atoms with Crippen molar-refractivity contribution in [1.29, 1.82) is 0 Å². The van der Waals surface area contributed by atoms with Gasteiger partial charge in [-0.15, -0.1) is 0 Å². The molecule has 0 saturated carbocycles. The quantitative estimate of drug-likeness (QED) is 0.219. The molecule has 1 unspecified atom stereocenters. The van der Waals surface area contributed by atoms with Crippen molar-refractivity contribution in [2.45, 2.75) is 64.5 Å². The van der Waals surface area contributed by atoms with Crippen molar-refractivity contribution in [1.82, 2.24) is 20.1 Å². The number of ketones is 1. The van der Waals surface area contributed by atoms with Crippen molar-refractivity contribution in [2.75, 3.05) is 12.8 Å². The van der Waals surface area contributed by atoms with Crippen LogP contribution in [0.1, 0.15) is 52.4 Å². The monoisotopic (exact) mass is 456 g/mol. The van der Waals surface area contributed by atoms with Crippen molar-refractivity contribution >= 4 is 39.4 Å². The second-order valence-electron chi connectivity index (χ2n) is 8.13. The molecule has 31 heavy (non-hydrogen) atoms. The van der Waals surface area contributed by atoms with Gasteiger partial charge in [0.15, 0.2) is 6.04 Å². The molecule has 2 aliphatic rings. The van der Waals surface area contributed by atoms with E-state index in [4.69, 9.17) is 0 Å². The number of nitrogens with one attached hydrogen (secondary N) is 2. The molecule has 0 aromatic carbocycles. The number of fused-ring (bicyclic) bond motifs is 1. The Morgan fingerprint density at radius 1 is 1.26 bits per heavy atom. The number of hydrazine groups is 1. The van der Waals surface area contributed by atoms with Crippen molar-refractivity contribution in [3.63, 3.8) is 0 Å². The maximum Gasteiger partial charge on any atom is 0.403 e. The summed E-state index contributed by atoms with van der Waals surface area (Å²) in [7, 11) is -3.74. The number of nitrogens with zero attached hydrogens (tertiary/aromatic N) is 4. The van der Waals surface area contributed by atoms with E-state index in [0.29, 0.717) is 12.8 Å². The van der Waals surface area contributed by atoms with Crippen LogP contribution in [0.25, 0.3) is 5.53 Å². The van der Waals surface area contributed by atoms with Gasteiger partial charge in [0.2, 0.25) is 15.9 Å². The SMILES string of the molecule is CC(C)CCC(=O)C(=[N+]=[N-])NC(=O)[C@@H]1CCCN2C(=O)CCC(NS(C)(=O)=O)C(=O)N12. The van der Waals surface area contributed by atoms with Gasteiger partial charge in [-0.3, -0.25) is 19.4 Å². The van der Waals surface area contributed by atoms with Crippen LogP contribution in [0.3, 0.4) is 0 Å². The van der Waals surface area contributed by atoms with Crippen LogP contribution in [0.4, 0.5) is 0 Å². The lowest BCUT2D eigenvalue weighted by molar-refractivity contribution is -0.175. The average Bonchev–Trinajstić information content (AvgIpc) is 2.81. The average molecular weight is 457 g/mol. The lowest BCUT2D eigenvalue weighted by Gasteiger charge is -2.41. The van der Waals surface area contributed by atoms with Crippen LogP contribution in [-0.4, -0.2) is 77.5 Å². The van der Waals surface area contributed by atoms with Crippen molar-refractivity contribution in [3.05, 3.63) is 5.53 Å². The Labute approximate surface area is 181 Å². The van der Waals surface area contributed by atoms with Gasteiger partial charge in [-0.2, -0.15) is 5.32 Å². The number of amides is 3. The molecule has 2 rings (SSSR count). The van der Waals surface area contributed by atoms with Crippen molar-refractivity contribution in [3.8, 4) is 0 Å². The third-order valence-corrected chi connectivity index (χ3v) is 5.79. The van der Waals surface area contributed by atoms with Gasteiger partial charge in [0, 0.05) is 19.4 Å². The third-order valence-electron chi connectivity index (χ3n) is 5.07. The van der Waals surface area contributed by atoms with Crippen molar-refractivity contribution < 1.29 is 32.4 Å². The number of carbonyl (C=O) groups is 4. The van der Waals surface area contributed by atoms with E-state index in [1.807, 2.05) is 13.8 Å². The molecule has 172 valence electrons. The molecule has 0 aromatic rings. The Balaban J connectivity index is 2.25. The van der Waals surface area contributed by atoms with E-state index >= 15 is 0 Å². The van der Waals surface area contributed by atoms with E-state index in [9.17, 15) is 33.1 Å². The molecule has 2 N–H and O–H groups in total. The summed E-state index contributed by atoms with van der Waals surface area (Å²) in [5.74, 6) is -2.81. The van der Waals surface area contributed by atoms with E-state index < -0.39 is 51.4 Å². The minimum Gasteiger partial charge on any atom is -0.497 e. The first-order valence-corrected chi connectivity index (χ1v) is 12.0. The Morgan fingerprint density at radius 2 is 1.94 bits per heavy atom. The molecule has 3 amide bonds. The van der Waals surface area contributed by atoms with Crippen LogP contribution in [0.2, 0.25) is 0 Å². The summed E-state index contributed by atoms with van der Waals surface area (Å²) in [6.07, 6.45) is 2.00. The van der Waals surface area contributed by atoms with E-state index in [2.05, 4.69) is 14.8 Å². The second kappa shape index (κ2) is 10.1. The van der Waals surface area contributed by atoms with Crippen LogP contribution in [-0.2, 0) is 29.2 Å². The number of amidine groups is 1. The zero-order valence-electron chi connectivity index (χ0n) is 17.8. The van der Waals surface area contributed by atoms with Crippen LogP contribution >= 0.6 is 0 Å². The summed E-state index contributed by atoms with van der Waals surface area (Å²) < 4.78 is 25.5. The molecule has 2 saturated heterocycles. The van der Waals surface area contributed by atoms with E-state index in [-0.39, 0.29) is 38.1 Å². The maximum absolute atomic E-state index is 13.1. The van der Waals surface area contributed by atoms with Gasteiger partial charge in [-0.25, -0.2) is 22.9 Å². The number of sulfonamides is 1. The summed E-state index contributed by atoms with van der Waals surface area (Å²) in [5.41, 5.74) is 9.18. The fourth-order valence-corrected chi connectivity index (χ4v) is 4.26. The smallest absolute Gasteiger partial charge is 0.403 e. The number of rotatable bonds is 7. The third kappa shape index (κ3) is 6.42. The maximum atomic E-state index is 13.1. The van der Waals surface area contributed by atoms with Crippen LogP contribution in [0.15, 0.2) is 0 Å². The van der Waals surface area contributed by atoms with Gasteiger partial charge in [-0.05, 0) is 31.6 Å². The summed E-state index contributed by atoms with van der Waals surface area (Å²) in [4.78, 5) is 53.6. The molecular formula is C18H28N6O6S. The van der Waals surface area contributed by atoms with E-state index in [1.165, 1.54) is 0 Å². The first kappa shape index (κ1) is 24.6. The van der Waals surface area contributed by atoms with Gasteiger partial charge in [0.1, 0.15) is 6.04 Å². The number of hydrogen-bond acceptors (Lipinski definition) is 6. The minimum absolute atomic E-state index is 0.0386. The second-order valence-corrected chi connectivity index (χ2v) is 9.91. The zero-order chi connectivity index (χ0) is 23.3. The fourth-order valence-electron chi connectivity index (χ4n) is 3.53. The Hall–Kier alpha value is -2.63. The standard InChI is InChI=1S/C18H28N6O6S/c1-11(2)6-8-14(25)16(21-19)20-17(27)13-5-4-10-23-15(26)9-7-12(18(28)24(13)23)22-31(3,29)30/h11-13,22H,4-10H2,1-3H3,(H,20,27)/t12?,13-/m0/s1. The Morgan fingerprint density at radius 3 is 2.52 bits per heavy atom. The van der Waals surface area contributed by atoms with Crippen LogP contribution in [0.5, 0.6) is 0 Å². The molecule has 2 heterocycles. The highest BCUT2D eigenvalue weighted by atomic mass is 32.2. The highest BCUT2D eigenvalue weighted by Crippen LogP contribution is 2.25. The highest BCUT2D eigenvalue weighted by Gasteiger charge is 2.46. The van der Waals surface area contributed by atoms with Crippen LogP contribution < -0.4 is 10.0 Å². The number of hydrogen-bond donors (Lipinski definition) is 2. The molecule has 0 bridgehead atoms. The normalized spacial score (nSPS) is 21.9. The molecular weight excluding hydrogens is 428 g/mol. The molecule has 2 aliphatic heterocycles. The highest BCUT2D eigenvalue weighted by molar-refractivity contribution is 7.88.